The van der Waals surface area contributed by atoms with E-state index in [1.165, 1.54) is 12.1 Å². The van der Waals surface area contributed by atoms with Gasteiger partial charge in [0.15, 0.2) is 0 Å². The summed E-state index contributed by atoms with van der Waals surface area (Å²) in [6.07, 6.45) is 1.89. The summed E-state index contributed by atoms with van der Waals surface area (Å²) in [5.41, 5.74) is 0.514. The quantitative estimate of drug-likeness (QED) is 0.755. The van der Waals surface area contributed by atoms with Crippen molar-refractivity contribution in [1.82, 2.24) is 9.80 Å². The normalized spacial score (nSPS) is 22.0. The van der Waals surface area contributed by atoms with Crippen molar-refractivity contribution < 1.29 is 19.0 Å². The first-order valence-corrected chi connectivity index (χ1v) is 9.99. The number of aliphatic hydroxyl groups is 1. The molecule has 2 aliphatic rings. The lowest BCUT2D eigenvalue weighted by Crippen LogP contribution is -2.51. The molecule has 1 aliphatic carbocycles. The van der Waals surface area contributed by atoms with Gasteiger partial charge in [-0.3, -0.25) is 9.69 Å². The Morgan fingerprint density at radius 3 is 2.63 bits per heavy atom. The zero-order valence-electron chi connectivity index (χ0n) is 16.3. The van der Waals surface area contributed by atoms with E-state index in [1.54, 1.807) is 12.1 Å². The number of β-amino-alcohol motifs (C(OH)–C–C–N with tert-alkyl or cyclic N) is 1. The number of rotatable bonds is 8. The minimum absolute atomic E-state index is 0.0650. The summed E-state index contributed by atoms with van der Waals surface area (Å²) in [4.78, 5) is 17.0. The van der Waals surface area contributed by atoms with Crippen LogP contribution in [0.2, 0.25) is 0 Å². The van der Waals surface area contributed by atoms with E-state index in [9.17, 15) is 14.3 Å². The molecule has 1 aromatic rings. The molecule has 27 heavy (non-hydrogen) atoms. The Morgan fingerprint density at radius 1 is 1.30 bits per heavy atom. The first-order valence-electron chi connectivity index (χ1n) is 9.99. The molecule has 2 fully saturated rings. The lowest BCUT2D eigenvalue weighted by atomic mass is 10.1. The number of ether oxygens (including phenoxy) is 1. The van der Waals surface area contributed by atoms with Crippen molar-refractivity contribution in [2.75, 3.05) is 39.3 Å². The molecule has 5 nitrogen and oxygen atoms in total. The standard InChI is InChI=1S/C21H31FN2O3/c1-15(2)20(25)14-23-9-10-27-19(12-23)13-24(11-16-3-4-16)21(26)17-5-7-18(22)8-6-17/h5-8,15-16,19-20,25H,3-4,9-14H2,1-2H3/t19-,20+/m1/s1. The van der Waals surface area contributed by atoms with E-state index in [0.29, 0.717) is 37.7 Å². The second-order valence-corrected chi connectivity index (χ2v) is 8.22. The van der Waals surface area contributed by atoms with Crippen LogP contribution in [0.25, 0.3) is 0 Å². The SMILES string of the molecule is CC(C)[C@@H](O)CN1CCO[C@@H](CN(CC2CC2)C(=O)c2ccc(F)cc2)C1. The Morgan fingerprint density at radius 2 is 2.00 bits per heavy atom. The minimum Gasteiger partial charge on any atom is -0.392 e. The molecular formula is C21H31FN2O3. The zero-order chi connectivity index (χ0) is 19.4. The fourth-order valence-electron chi connectivity index (χ4n) is 3.41. The van der Waals surface area contributed by atoms with Gasteiger partial charge in [-0.05, 0) is 48.9 Å². The van der Waals surface area contributed by atoms with E-state index >= 15 is 0 Å². The highest BCUT2D eigenvalue weighted by Gasteiger charge is 2.31. The second-order valence-electron chi connectivity index (χ2n) is 8.22. The van der Waals surface area contributed by atoms with Crippen molar-refractivity contribution in [2.24, 2.45) is 11.8 Å². The number of morpholine rings is 1. The Balaban J connectivity index is 1.61. The van der Waals surface area contributed by atoms with Gasteiger partial charge in [0.1, 0.15) is 5.82 Å². The van der Waals surface area contributed by atoms with E-state index in [2.05, 4.69) is 4.90 Å². The lowest BCUT2D eigenvalue weighted by molar-refractivity contribution is -0.0543. The molecule has 1 heterocycles. The van der Waals surface area contributed by atoms with E-state index in [0.717, 1.165) is 25.9 Å². The van der Waals surface area contributed by atoms with Crippen LogP contribution in [0.5, 0.6) is 0 Å². The first-order chi connectivity index (χ1) is 12.9. The molecule has 150 valence electrons. The van der Waals surface area contributed by atoms with Gasteiger partial charge in [0.05, 0.1) is 18.8 Å². The van der Waals surface area contributed by atoms with Gasteiger partial charge in [-0.15, -0.1) is 0 Å². The fourth-order valence-corrected chi connectivity index (χ4v) is 3.41. The van der Waals surface area contributed by atoms with Gasteiger partial charge >= 0.3 is 0 Å². The summed E-state index contributed by atoms with van der Waals surface area (Å²) in [5, 5.41) is 10.2. The van der Waals surface area contributed by atoms with Gasteiger partial charge in [-0.25, -0.2) is 4.39 Å². The molecule has 1 saturated carbocycles. The maximum absolute atomic E-state index is 13.2. The van der Waals surface area contributed by atoms with Crippen LogP contribution in [0.4, 0.5) is 4.39 Å². The van der Waals surface area contributed by atoms with Gasteiger partial charge in [0, 0.05) is 38.3 Å². The summed E-state index contributed by atoms with van der Waals surface area (Å²) in [6, 6.07) is 5.75. The monoisotopic (exact) mass is 378 g/mol. The average Bonchev–Trinajstić information content (AvgIpc) is 3.45. The summed E-state index contributed by atoms with van der Waals surface area (Å²) in [5.74, 6) is 0.384. The van der Waals surface area contributed by atoms with Crippen molar-refractivity contribution >= 4 is 5.91 Å². The average molecular weight is 378 g/mol. The second kappa shape index (κ2) is 9.13. The summed E-state index contributed by atoms with van der Waals surface area (Å²) in [7, 11) is 0. The minimum atomic E-state index is -0.354. The summed E-state index contributed by atoms with van der Waals surface area (Å²) in [6.45, 7) is 8.04. The van der Waals surface area contributed by atoms with Crippen LogP contribution in [-0.2, 0) is 4.74 Å². The molecule has 1 saturated heterocycles. The molecule has 6 heteroatoms. The molecule has 1 aromatic carbocycles. The fraction of sp³-hybridized carbons (Fsp3) is 0.667. The van der Waals surface area contributed by atoms with Crippen molar-refractivity contribution in [1.29, 1.82) is 0 Å². The smallest absolute Gasteiger partial charge is 0.253 e. The number of carbonyl (C=O) groups excluding carboxylic acids is 1. The molecule has 1 N–H and O–H groups in total. The molecule has 0 aromatic heterocycles. The Hall–Kier alpha value is -1.50. The van der Waals surface area contributed by atoms with Gasteiger partial charge in [-0.1, -0.05) is 13.8 Å². The van der Waals surface area contributed by atoms with Crippen LogP contribution in [0.3, 0.4) is 0 Å². The third-order valence-corrected chi connectivity index (χ3v) is 5.42. The Kier molecular flexibility index (Phi) is 6.84. The largest absolute Gasteiger partial charge is 0.392 e. The molecule has 2 atom stereocenters. The zero-order valence-corrected chi connectivity index (χ0v) is 16.3. The third kappa shape index (κ3) is 5.99. The van der Waals surface area contributed by atoms with Crippen LogP contribution in [0, 0.1) is 17.7 Å². The Labute approximate surface area is 161 Å². The number of carbonyl (C=O) groups is 1. The molecule has 1 amide bonds. The molecule has 0 radical (unpaired) electrons. The Bertz CT molecular complexity index is 618. The van der Waals surface area contributed by atoms with Crippen LogP contribution in [0.15, 0.2) is 24.3 Å². The number of aliphatic hydroxyl groups excluding tert-OH is 1. The lowest BCUT2D eigenvalue weighted by Gasteiger charge is -2.37. The highest BCUT2D eigenvalue weighted by atomic mass is 19.1. The van der Waals surface area contributed by atoms with E-state index < -0.39 is 0 Å². The van der Waals surface area contributed by atoms with Crippen molar-refractivity contribution in [3.63, 3.8) is 0 Å². The highest BCUT2D eigenvalue weighted by molar-refractivity contribution is 5.94. The third-order valence-electron chi connectivity index (χ3n) is 5.42. The number of amides is 1. The predicted octanol–water partition coefficient (Wildman–Crippen LogP) is 2.40. The molecule has 0 spiro atoms. The molecule has 1 aliphatic heterocycles. The van der Waals surface area contributed by atoms with E-state index in [-0.39, 0.29) is 29.9 Å². The molecule has 0 unspecified atom stereocenters. The maximum Gasteiger partial charge on any atom is 0.253 e. The van der Waals surface area contributed by atoms with Crippen molar-refractivity contribution in [2.45, 2.75) is 38.9 Å². The van der Waals surface area contributed by atoms with Gasteiger partial charge in [0.25, 0.3) is 5.91 Å². The highest BCUT2D eigenvalue weighted by Crippen LogP contribution is 2.30. The number of hydrogen-bond acceptors (Lipinski definition) is 4. The molecule has 0 bridgehead atoms. The predicted molar refractivity (Wildman–Crippen MR) is 102 cm³/mol. The van der Waals surface area contributed by atoms with Crippen LogP contribution >= 0.6 is 0 Å². The van der Waals surface area contributed by atoms with Gasteiger partial charge < -0.3 is 14.7 Å². The summed E-state index contributed by atoms with van der Waals surface area (Å²) < 4.78 is 19.1. The van der Waals surface area contributed by atoms with Crippen LogP contribution < -0.4 is 0 Å². The van der Waals surface area contributed by atoms with E-state index in [4.69, 9.17) is 4.74 Å². The van der Waals surface area contributed by atoms with Gasteiger partial charge in [-0.2, -0.15) is 0 Å². The number of halogens is 1. The topological polar surface area (TPSA) is 53.0 Å². The summed E-state index contributed by atoms with van der Waals surface area (Å²) >= 11 is 0. The number of hydrogen-bond donors (Lipinski definition) is 1. The van der Waals surface area contributed by atoms with Crippen LogP contribution in [-0.4, -0.2) is 72.4 Å². The number of benzene rings is 1. The maximum atomic E-state index is 13.2. The van der Waals surface area contributed by atoms with Gasteiger partial charge in [0.2, 0.25) is 0 Å². The van der Waals surface area contributed by atoms with E-state index in [1.807, 2.05) is 18.7 Å². The first kappa shape index (κ1) is 20.2. The van der Waals surface area contributed by atoms with Crippen molar-refractivity contribution in [3.8, 4) is 0 Å². The van der Waals surface area contributed by atoms with Crippen LogP contribution in [0.1, 0.15) is 37.0 Å². The van der Waals surface area contributed by atoms with Crippen molar-refractivity contribution in [3.05, 3.63) is 35.6 Å². The molecule has 3 rings (SSSR count). The molecular weight excluding hydrogens is 347 g/mol. The number of nitrogens with zero attached hydrogens (tertiary/aromatic N) is 2.